The zero-order valence-electron chi connectivity index (χ0n) is 28.2. The fraction of sp³-hybridized carbons (Fsp3) is 0.486. The third-order valence-electron chi connectivity index (χ3n) is 7.97. The Hall–Kier alpha value is -3.23. The largest absolute Gasteiger partial charge is 0.381 e. The van der Waals surface area contributed by atoms with E-state index in [-0.39, 0.29) is 18.7 Å². The van der Waals surface area contributed by atoms with Crippen molar-refractivity contribution in [3.63, 3.8) is 0 Å². The number of para-hydroxylation sites is 1. The third-order valence-corrected chi connectivity index (χ3v) is 7.97. The summed E-state index contributed by atoms with van der Waals surface area (Å²) in [7, 11) is 1.18. The average molecular weight is 608 g/mol. The second kappa shape index (κ2) is 21.5. The van der Waals surface area contributed by atoms with E-state index in [4.69, 9.17) is 5.26 Å². The molecule has 0 saturated heterocycles. The zero-order chi connectivity index (χ0) is 33.1. The van der Waals surface area contributed by atoms with Gasteiger partial charge < -0.3 is 14.9 Å². The van der Waals surface area contributed by atoms with Crippen LogP contribution >= 0.6 is 0 Å². The summed E-state index contributed by atoms with van der Waals surface area (Å²) in [5.41, 5.74) is 6.25. The van der Waals surface area contributed by atoms with Crippen LogP contribution in [0.15, 0.2) is 91.1 Å². The fourth-order valence-corrected chi connectivity index (χ4v) is 5.74. The molecule has 2 aliphatic heterocycles. The van der Waals surface area contributed by atoms with Crippen LogP contribution in [0, 0.1) is 0 Å². The van der Waals surface area contributed by atoms with Crippen molar-refractivity contribution in [2.24, 2.45) is 0 Å². The standard InChI is InChI=1S/C22H28N2O.C12H19NO.C2H6.CH4O2/c1-4-23(15-14-18-10-6-5-7-11-18)22(25)21-16-19-12-8-9-13-20(19)24(21)17(2)3;1-4-10-7-12(6-3)13(9-14)8-11(10)5-2;1-2;1-3-2/h5-13,17,21H,4,14-16H2,1-3H3;4-5,12,14H,1-2,6-9H2,3H3;1-2H3;2H,1H3/t21-;12-;;/m10../s1. The number of anilines is 1. The number of rotatable bonds is 10. The molecule has 2 aromatic rings. The molecule has 0 spiro atoms. The summed E-state index contributed by atoms with van der Waals surface area (Å²) < 4.78 is 0. The maximum absolute atomic E-state index is 13.3. The van der Waals surface area contributed by atoms with Gasteiger partial charge in [0.25, 0.3) is 0 Å². The van der Waals surface area contributed by atoms with Gasteiger partial charge in [-0.05, 0) is 68.4 Å². The van der Waals surface area contributed by atoms with Crippen LogP contribution in [0.5, 0.6) is 0 Å². The Morgan fingerprint density at radius 3 is 2.14 bits per heavy atom. The number of hydrogen-bond acceptors (Lipinski definition) is 6. The quantitative estimate of drug-likeness (QED) is 0.221. The summed E-state index contributed by atoms with van der Waals surface area (Å²) in [5.74, 6) is 0.253. The number of hydrogen-bond donors (Lipinski definition) is 2. The number of allylic oxidation sites excluding steroid dienone is 1. The van der Waals surface area contributed by atoms with E-state index >= 15 is 0 Å². The molecule has 0 saturated carbocycles. The number of fused-ring (bicyclic) bond motifs is 1. The van der Waals surface area contributed by atoms with Gasteiger partial charge in [0.1, 0.15) is 6.04 Å². The highest BCUT2D eigenvalue weighted by molar-refractivity contribution is 5.88. The number of likely N-dealkylation sites (N-methyl/N-ethyl adjacent to an activating group) is 1. The topological polar surface area (TPSA) is 76.5 Å². The normalized spacial score (nSPS) is 17.3. The zero-order valence-corrected chi connectivity index (χ0v) is 28.2. The molecule has 1 amide bonds. The van der Waals surface area contributed by atoms with Crippen molar-refractivity contribution in [2.75, 3.05) is 38.4 Å². The lowest BCUT2D eigenvalue weighted by atomic mass is 9.93. The van der Waals surface area contributed by atoms with Gasteiger partial charge in [-0.25, -0.2) is 4.89 Å². The molecule has 44 heavy (non-hydrogen) atoms. The van der Waals surface area contributed by atoms with Crippen molar-refractivity contribution in [2.45, 2.75) is 85.4 Å². The first-order chi connectivity index (χ1) is 21.3. The molecular weight excluding hydrogens is 550 g/mol. The number of benzene rings is 2. The molecule has 0 aliphatic carbocycles. The Balaban J connectivity index is 0.000000431. The average Bonchev–Trinajstić information content (AvgIpc) is 3.46. The van der Waals surface area contributed by atoms with Gasteiger partial charge >= 0.3 is 0 Å². The summed E-state index contributed by atoms with van der Waals surface area (Å²) >= 11 is 0. The molecule has 0 radical (unpaired) electrons. The van der Waals surface area contributed by atoms with E-state index in [1.54, 1.807) is 0 Å². The highest BCUT2D eigenvalue weighted by atomic mass is 17.1. The van der Waals surface area contributed by atoms with Gasteiger partial charge in [-0.2, -0.15) is 0 Å². The number of aliphatic hydroxyl groups excluding tert-OH is 1. The highest BCUT2D eigenvalue weighted by Crippen LogP contribution is 2.34. The molecule has 0 aromatic heterocycles. The predicted molar refractivity (Wildman–Crippen MR) is 185 cm³/mol. The van der Waals surface area contributed by atoms with Gasteiger partial charge in [0.05, 0.1) is 13.8 Å². The molecule has 244 valence electrons. The van der Waals surface area contributed by atoms with E-state index in [1.807, 2.05) is 37.0 Å². The minimum Gasteiger partial charge on any atom is -0.381 e. The van der Waals surface area contributed by atoms with Crippen molar-refractivity contribution < 1.29 is 20.0 Å². The van der Waals surface area contributed by atoms with Crippen LogP contribution in [0.3, 0.4) is 0 Å². The van der Waals surface area contributed by atoms with Crippen LogP contribution in [0.1, 0.15) is 65.5 Å². The molecule has 0 fully saturated rings. The molecule has 2 aromatic carbocycles. The molecule has 2 atom stereocenters. The molecule has 7 heteroatoms. The van der Waals surface area contributed by atoms with Crippen molar-refractivity contribution >= 4 is 11.6 Å². The number of carbonyl (C=O) groups excluding carboxylic acids is 1. The van der Waals surface area contributed by atoms with Crippen molar-refractivity contribution in [1.29, 1.82) is 0 Å². The second-order valence-corrected chi connectivity index (χ2v) is 10.8. The summed E-state index contributed by atoms with van der Waals surface area (Å²) in [5, 5.41) is 16.3. The summed E-state index contributed by atoms with van der Waals surface area (Å²) in [6, 6.07) is 19.5. The van der Waals surface area contributed by atoms with E-state index in [9.17, 15) is 9.90 Å². The van der Waals surface area contributed by atoms with Gasteiger partial charge in [-0.15, -0.1) is 0 Å². The molecule has 2 heterocycles. The Bertz CT molecular complexity index is 1120. The Morgan fingerprint density at radius 1 is 1.02 bits per heavy atom. The lowest BCUT2D eigenvalue weighted by Gasteiger charge is -2.35. The minimum absolute atomic E-state index is 0.0758. The van der Waals surface area contributed by atoms with Crippen molar-refractivity contribution in [3.8, 4) is 0 Å². The second-order valence-electron chi connectivity index (χ2n) is 10.8. The number of carbonyl (C=O) groups is 1. The van der Waals surface area contributed by atoms with Gasteiger partial charge in [-0.3, -0.25) is 15.0 Å². The number of aliphatic hydroxyl groups is 1. The minimum atomic E-state index is -0.0758. The Kier molecular flexibility index (Phi) is 18.9. The Labute approximate surface area is 267 Å². The van der Waals surface area contributed by atoms with Gasteiger partial charge in [0.2, 0.25) is 5.91 Å². The van der Waals surface area contributed by atoms with Crippen molar-refractivity contribution in [1.82, 2.24) is 9.80 Å². The number of nitrogens with zero attached hydrogens (tertiary/aromatic N) is 3. The van der Waals surface area contributed by atoms with Gasteiger partial charge in [0, 0.05) is 43.8 Å². The SMILES string of the molecule is C=CC1=C(C=C)CN(CO)[C@@H](CC)C1.CC.CCN(CCc1ccccc1)C(=O)[C@H]1Cc2ccccc2N1C(C)C.COO. The molecular formula is C37H57N3O4. The predicted octanol–water partition coefficient (Wildman–Crippen LogP) is 7.14. The van der Waals surface area contributed by atoms with Crippen LogP contribution in [-0.2, 0) is 22.5 Å². The van der Waals surface area contributed by atoms with Crippen LogP contribution in [0.25, 0.3) is 0 Å². The molecule has 7 nitrogen and oxygen atoms in total. The summed E-state index contributed by atoms with van der Waals surface area (Å²) in [4.78, 5) is 22.9. The third kappa shape index (κ3) is 11.0. The lowest BCUT2D eigenvalue weighted by Crippen LogP contribution is -2.50. The van der Waals surface area contributed by atoms with Crippen molar-refractivity contribution in [3.05, 3.63) is 102 Å². The lowest BCUT2D eigenvalue weighted by molar-refractivity contribution is -0.214. The number of amides is 1. The monoisotopic (exact) mass is 607 g/mol. The van der Waals surface area contributed by atoms with Crippen LogP contribution in [0.2, 0.25) is 0 Å². The maximum atomic E-state index is 13.3. The first-order valence-electron chi connectivity index (χ1n) is 16.0. The first kappa shape index (κ1) is 38.8. The van der Waals surface area contributed by atoms with Crippen LogP contribution in [0.4, 0.5) is 5.69 Å². The summed E-state index contributed by atoms with van der Waals surface area (Å²) in [6.45, 7) is 22.6. The van der Waals surface area contributed by atoms with Crippen LogP contribution < -0.4 is 4.90 Å². The van der Waals surface area contributed by atoms with E-state index in [1.165, 1.54) is 35.1 Å². The van der Waals surface area contributed by atoms with E-state index < -0.39 is 0 Å². The fourth-order valence-electron chi connectivity index (χ4n) is 5.74. The first-order valence-corrected chi connectivity index (χ1v) is 16.0. The maximum Gasteiger partial charge on any atom is 0.245 e. The van der Waals surface area contributed by atoms with Gasteiger partial charge in [0.15, 0.2) is 0 Å². The molecule has 0 unspecified atom stereocenters. The van der Waals surface area contributed by atoms with Crippen LogP contribution in [-0.4, -0.2) is 77.7 Å². The molecule has 2 aliphatic rings. The van der Waals surface area contributed by atoms with E-state index in [0.717, 1.165) is 45.3 Å². The van der Waals surface area contributed by atoms with Gasteiger partial charge in [-0.1, -0.05) is 94.6 Å². The van der Waals surface area contributed by atoms with E-state index in [0.29, 0.717) is 12.1 Å². The highest BCUT2D eigenvalue weighted by Gasteiger charge is 2.37. The molecule has 2 N–H and O–H groups in total. The van der Waals surface area contributed by atoms with E-state index in [2.05, 4.69) is 104 Å². The summed E-state index contributed by atoms with van der Waals surface area (Å²) in [6.07, 6.45) is 7.53. The smallest absolute Gasteiger partial charge is 0.245 e. The molecule has 0 bridgehead atoms. The Morgan fingerprint density at radius 2 is 1.61 bits per heavy atom. The molecule has 4 rings (SSSR count).